The Labute approximate surface area is 110 Å². The third-order valence-corrected chi connectivity index (χ3v) is 3.31. The molecule has 2 amide bonds. The van der Waals surface area contributed by atoms with E-state index in [0.29, 0.717) is 15.7 Å². The Morgan fingerprint density at radius 3 is 2.82 bits per heavy atom. The summed E-state index contributed by atoms with van der Waals surface area (Å²) in [6.07, 6.45) is 0.953. The van der Waals surface area contributed by atoms with Crippen LogP contribution in [0.3, 0.4) is 0 Å². The minimum atomic E-state index is -0.225. The highest BCUT2D eigenvalue weighted by molar-refractivity contribution is 6.42. The van der Waals surface area contributed by atoms with Crippen molar-refractivity contribution in [3.8, 4) is 0 Å². The fourth-order valence-electron chi connectivity index (χ4n) is 1.70. The van der Waals surface area contributed by atoms with Gasteiger partial charge in [0.15, 0.2) is 0 Å². The molecule has 6 heteroatoms. The highest BCUT2D eigenvalue weighted by Gasteiger charge is 2.16. The van der Waals surface area contributed by atoms with E-state index in [2.05, 4.69) is 16.0 Å². The molecule has 1 fully saturated rings. The van der Waals surface area contributed by atoms with Gasteiger partial charge in [-0.3, -0.25) is 0 Å². The third-order valence-electron chi connectivity index (χ3n) is 2.57. The number of anilines is 1. The maximum atomic E-state index is 11.6. The second-order valence-corrected chi connectivity index (χ2v) is 4.73. The highest BCUT2D eigenvalue weighted by Crippen LogP contribution is 2.24. The van der Waals surface area contributed by atoms with Gasteiger partial charge in [0.05, 0.1) is 10.0 Å². The van der Waals surface area contributed by atoms with Gasteiger partial charge in [-0.25, -0.2) is 4.79 Å². The van der Waals surface area contributed by atoms with Crippen LogP contribution in [-0.2, 0) is 0 Å². The summed E-state index contributed by atoms with van der Waals surface area (Å²) in [6, 6.07) is 4.95. The molecule has 1 aromatic rings. The Morgan fingerprint density at radius 1 is 1.35 bits per heavy atom. The Bertz CT molecular complexity index is 419. The van der Waals surface area contributed by atoms with Crippen LogP contribution in [0.25, 0.3) is 0 Å². The molecule has 0 bridgehead atoms. The van der Waals surface area contributed by atoms with E-state index in [-0.39, 0.29) is 12.1 Å². The Hall–Kier alpha value is -0.970. The van der Waals surface area contributed by atoms with Gasteiger partial charge < -0.3 is 16.0 Å². The van der Waals surface area contributed by atoms with Gasteiger partial charge in [0.25, 0.3) is 0 Å². The second-order valence-electron chi connectivity index (χ2n) is 3.92. The van der Waals surface area contributed by atoms with E-state index >= 15 is 0 Å². The van der Waals surface area contributed by atoms with Gasteiger partial charge in [-0.05, 0) is 31.2 Å². The lowest BCUT2D eigenvalue weighted by atomic mass is 10.3. The second kappa shape index (κ2) is 5.58. The number of carbonyl (C=O) groups is 1. The molecule has 0 saturated carbocycles. The van der Waals surface area contributed by atoms with E-state index < -0.39 is 0 Å². The molecule has 92 valence electrons. The highest BCUT2D eigenvalue weighted by atomic mass is 35.5. The van der Waals surface area contributed by atoms with Crippen LogP contribution in [0.4, 0.5) is 10.5 Å². The first kappa shape index (κ1) is 12.5. The van der Waals surface area contributed by atoms with Gasteiger partial charge in [0, 0.05) is 18.3 Å². The van der Waals surface area contributed by atoms with Gasteiger partial charge in [0.2, 0.25) is 0 Å². The number of hydrogen-bond donors (Lipinski definition) is 3. The molecule has 2 rings (SSSR count). The third kappa shape index (κ3) is 3.49. The van der Waals surface area contributed by atoms with Crippen molar-refractivity contribution < 1.29 is 4.79 Å². The first-order valence-corrected chi connectivity index (χ1v) is 6.14. The van der Waals surface area contributed by atoms with Crippen molar-refractivity contribution in [3.05, 3.63) is 28.2 Å². The van der Waals surface area contributed by atoms with Crippen molar-refractivity contribution in [2.24, 2.45) is 0 Å². The van der Waals surface area contributed by atoms with Crippen molar-refractivity contribution >= 4 is 34.9 Å². The molecule has 0 spiro atoms. The van der Waals surface area contributed by atoms with E-state index in [0.717, 1.165) is 19.5 Å². The summed E-state index contributed by atoms with van der Waals surface area (Å²) < 4.78 is 0. The molecular formula is C11H13Cl2N3O. The van der Waals surface area contributed by atoms with Gasteiger partial charge in [-0.15, -0.1) is 0 Å². The van der Waals surface area contributed by atoms with Crippen LogP contribution >= 0.6 is 23.2 Å². The Kier molecular flexibility index (Phi) is 4.10. The minimum Gasteiger partial charge on any atom is -0.334 e. The van der Waals surface area contributed by atoms with E-state index in [1.54, 1.807) is 18.2 Å². The van der Waals surface area contributed by atoms with Crippen molar-refractivity contribution in [1.29, 1.82) is 0 Å². The van der Waals surface area contributed by atoms with Crippen LogP contribution in [0, 0.1) is 0 Å². The van der Waals surface area contributed by atoms with E-state index in [1.807, 2.05) is 0 Å². The predicted octanol–water partition coefficient (Wildman–Crippen LogP) is 2.48. The fraction of sp³-hybridized carbons (Fsp3) is 0.364. The molecule has 3 N–H and O–H groups in total. The molecule has 1 aliphatic heterocycles. The van der Waals surface area contributed by atoms with Gasteiger partial charge >= 0.3 is 6.03 Å². The number of benzene rings is 1. The van der Waals surface area contributed by atoms with E-state index in [4.69, 9.17) is 23.2 Å². The first-order chi connectivity index (χ1) is 8.15. The smallest absolute Gasteiger partial charge is 0.319 e. The van der Waals surface area contributed by atoms with Crippen LogP contribution in [0.1, 0.15) is 6.42 Å². The van der Waals surface area contributed by atoms with Crippen LogP contribution in [0.5, 0.6) is 0 Å². The molecular weight excluding hydrogens is 261 g/mol. The summed E-state index contributed by atoms with van der Waals surface area (Å²) in [6.45, 7) is 1.76. The molecule has 1 aromatic carbocycles. The lowest BCUT2D eigenvalue weighted by Crippen LogP contribution is -2.39. The number of rotatable bonds is 2. The number of urea groups is 1. The SMILES string of the molecule is O=C(Nc1ccc(Cl)c(Cl)c1)N[C@@H]1CCNC1. The standard InChI is InChI=1S/C11H13Cl2N3O/c12-9-2-1-7(5-10(9)13)15-11(17)16-8-3-4-14-6-8/h1-2,5,8,14H,3-4,6H2,(H2,15,16,17)/t8-/m1/s1. The topological polar surface area (TPSA) is 53.2 Å². The number of amides is 2. The molecule has 17 heavy (non-hydrogen) atoms. The molecule has 1 atom stereocenters. The molecule has 0 radical (unpaired) electrons. The summed E-state index contributed by atoms with van der Waals surface area (Å²) >= 11 is 11.6. The zero-order chi connectivity index (χ0) is 12.3. The molecule has 0 aromatic heterocycles. The van der Waals surface area contributed by atoms with E-state index in [9.17, 15) is 4.79 Å². The summed E-state index contributed by atoms with van der Waals surface area (Å²) in [5, 5.41) is 9.66. The Balaban J connectivity index is 1.90. The molecule has 1 aliphatic rings. The molecule has 0 unspecified atom stereocenters. The van der Waals surface area contributed by atoms with Crippen LogP contribution in [0.2, 0.25) is 10.0 Å². The fourth-order valence-corrected chi connectivity index (χ4v) is 2.00. The summed E-state index contributed by atoms with van der Waals surface area (Å²) in [5.41, 5.74) is 0.628. The van der Waals surface area contributed by atoms with Crippen molar-refractivity contribution in [1.82, 2.24) is 10.6 Å². The minimum absolute atomic E-state index is 0.192. The van der Waals surface area contributed by atoms with Crippen molar-refractivity contribution in [2.45, 2.75) is 12.5 Å². The lowest BCUT2D eigenvalue weighted by molar-refractivity contribution is 0.249. The number of halogens is 2. The monoisotopic (exact) mass is 273 g/mol. The largest absolute Gasteiger partial charge is 0.334 e. The lowest BCUT2D eigenvalue weighted by Gasteiger charge is -2.12. The maximum Gasteiger partial charge on any atom is 0.319 e. The van der Waals surface area contributed by atoms with E-state index in [1.165, 1.54) is 0 Å². The number of nitrogens with one attached hydrogen (secondary N) is 3. The van der Waals surface area contributed by atoms with Crippen molar-refractivity contribution in [2.75, 3.05) is 18.4 Å². The summed E-state index contributed by atoms with van der Waals surface area (Å²) in [7, 11) is 0. The predicted molar refractivity (Wildman–Crippen MR) is 69.9 cm³/mol. The van der Waals surface area contributed by atoms with Crippen molar-refractivity contribution in [3.63, 3.8) is 0 Å². The Morgan fingerprint density at radius 2 is 2.18 bits per heavy atom. The summed E-state index contributed by atoms with van der Waals surface area (Å²) in [4.78, 5) is 11.6. The first-order valence-electron chi connectivity index (χ1n) is 5.38. The molecule has 4 nitrogen and oxygen atoms in total. The zero-order valence-electron chi connectivity index (χ0n) is 9.09. The molecule has 0 aliphatic carbocycles. The average molecular weight is 274 g/mol. The van der Waals surface area contributed by atoms with Gasteiger partial charge in [-0.1, -0.05) is 23.2 Å². The van der Waals surface area contributed by atoms with Gasteiger partial charge in [0.1, 0.15) is 0 Å². The van der Waals surface area contributed by atoms with Crippen LogP contribution in [-0.4, -0.2) is 25.2 Å². The molecule has 1 heterocycles. The zero-order valence-corrected chi connectivity index (χ0v) is 10.6. The number of hydrogen-bond acceptors (Lipinski definition) is 2. The van der Waals surface area contributed by atoms with Crippen LogP contribution < -0.4 is 16.0 Å². The van der Waals surface area contributed by atoms with Crippen LogP contribution in [0.15, 0.2) is 18.2 Å². The quantitative estimate of drug-likeness (QED) is 0.776. The van der Waals surface area contributed by atoms with Gasteiger partial charge in [-0.2, -0.15) is 0 Å². The normalized spacial score (nSPS) is 19.1. The average Bonchev–Trinajstić information content (AvgIpc) is 2.76. The summed E-state index contributed by atoms with van der Waals surface area (Å²) in [5.74, 6) is 0. The number of carbonyl (C=O) groups excluding carboxylic acids is 1. The maximum absolute atomic E-state index is 11.6. The molecule has 1 saturated heterocycles.